The molecule has 2 aromatic rings. The summed E-state index contributed by atoms with van der Waals surface area (Å²) >= 11 is 0. The fourth-order valence-corrected chi connectivity index (χ4v) is 5.22. The van der Waals surface area contributed by atoms with Gasteiger partial charge in [-0.2, -0.15) is 0 Å². The van der Waals surface area contributed by atoms with Crippen LogP contribution in [0.5, 0.6) is 5.75 Å². The van der Waals surface area contributed by atoms with Gasteiger partial charge in [0.15, 0.2) is 0 Å². The summed E-state index contributed by atoms with van der Waals surface area (Å²) in [5.41, 5.74) is 3.30. The summed E-state index contributed by atoms with van der Waals surface area (Å²) in [6.45, 7) is 2.96. The molecule has 184 valence electrons. The normalized spacial score (nSPS) is 18.9. The first kappa shape index (κ1) is 26.0. The van der Waals surface area contributed by atoms with Gasteiger partial charge in [0.25, 0.3) is 5.91 Å². The van der Waals surface area contributed by atoms with Crippen LogP contribution < -0.4 is 10.1 Å². The number of nitrogens with zero attached hydrogens (tertiary/aromatic N) is 2. The molecule has 2 atom stereocenters. The highest BCUT2D eigenvalue weighted by atomic mass is 35.5. The van der Waals surface area contributed by atoms with Gasteiger partial charge in [0.2, 0.25) is 0 Å². The van der Waals surface area contributed by atoms with Crippen LogP contribution in [0.1, 0.15) is 59.5 Å². The zero-order valence-corrected chi connectivity index (χ0v) is 21.0. The van der Waals surface area contributed by atoms with Gasteiger partial charge in [0.1, 0.15) is 5.75 Å². The van der Waals surface area contributed by atoms with Crippen molar-refractivity contribution in [2.75, 3.05) is 33.7 Å². The Morgan fingerprint density at radius 2 is 1.82 bits per heavy atom. The fraction of sp³-hybridized carbons (Fsp3) is 0.481. The zero-order valence-electron chi connectivity index (χ0n) is 20.2. The lowest BCUT2D eigenvalue weighted by Gasteiger charge is -2.34. The summed E-state index contributed by atoms with van der Waals surface area (Å²) in [6, 6.07) is 16.1. The molecule has 0 spiro atoms. The van der Waals surface area contributed by atoms with Crippen molar-refractivity contribution in [3.8, 4) is 5.75 Å². The maximum absolute atomic E-state index is 12.1. The summed E-state index contributed by atoms with van der Waals surface area (Å²) in [5, 5.41) is 3.02. The highest BCUT2D eigenvalue weighted by molar-refractivity contribution is 5.94. The number of rotatable bonds is 8. The molecule has 1 N–H and O–H groups in total. The van der Waals surface area contributed by atoms with E-state index in [4.69, 9.17) is 4.74 Å². The Labute approximate surface area is 209 Å². The predicted molar refractivity (Wildman–Crippen MR) is 137 cm³/mol. The van der Waals surface area contributed by atoms with E-state index in [1.54, 1.807) is 14.1 Å². The van der Waals surface area contributed by atoms with Crippen molar-refractivity contribution in [3.63, 3.8) is 0 Å². The topological polar surface area (TPSA) is 61.9 Å². The number of carbonyl (C=O) groups is 2. The molecule has 1 aliphatic heterocycles. The predicted octanol–water partition coefficient (Wildman–Crippen LogP) is 4.87. The van der Waals surface area contributed by atoms with Crippen LogP contribution in [0, 0.1) is 0 Å². The minimum absolute atomic E-state index is 0. The zero-order chi connectivity index (χ0) is 23.2. The van der Waals surface area contributed by atoms with Crippen molar-refractivity contribution >= 4 is 24.4 Å². The van der Waals surface area contributed by atoms with Crippen LogP contribution in [0.3, 0.4) is 0 Å². The van der Waals surface area contributed by atoms with Gasteiger partial charge in [0.05, 0.1) is 0 Å². The molecule has 6 nitrogen and oxygen atoms in total. The first-order valence-corrected chi connectivity index (χ1v) is 12.1. The van der Waals surface area contributed by atoms with E-state index in [0.717, 1.165) is 69.5 Å². The van der Waals surface area contributed by atoms with Gasteiger partial charge < -0.3 is 15.0 Å². The third kappa shape index (κ3) is 6.10. The van der Waals surface area contributed by atoms with E-state index in [1.807, 2.05) is 42.5 Å². The van der Waals surface area contributed by atoms with Crippen molar-refractivity contribution in [2.24, 2.45) is 0 Å². The Balaban J connectivity index is 0.00000324. The fourth-order valence-electron chi connectivity index (χ4n) is 5.22. The van der Waals surface area contributed by atoms with Gasteiger partial charge in [-0.05, 0) is 74.5 Å². The van der Waals surface area contributed by atoms with Gasteiger partial charge in [-0.1, -0.05) is 36.8 Å². The second-order valence-electron chi connectivity index (χ2n) is 9.31. The average molecular weight is 486 g/mol. The third-order valence-electron chi connectivity index (χ3n) is 6.93. The second kappa shape index (κ2) is 12.2. The first-order chi connectivity index (χ1) is 16.0. The number of likely N-dealkylation sites (tertiary alicyclic amines) is 1. The van der Waals surface area contributed by atoms with Crippen molar-refractivity contribution < 1.29 is 14.3 Å². The van der Waals surface area contributed by atoms with Gasteiger partial charge in [-0.25, -0.2) is 4.79 Å². The SMILES string of the molecule is CN(C)C(=O)Oc1cccc2c1CCC1C2CCN1CCCCCNC(=O)c1ccccc1.Cl. The lowest BCUT2D eigenvalue weighted by molar-refractivity contribution is 0.0952. The summed E-state index contributed by atoms with van der Waals surface area (Å²) in [4.78, 5) is 28.3. The highest BCUT2D eigenvalue weighted by Gasteiger charge is 2.39. The molecule has 1 saturated heterocycles. The molecule has 7 heteroatoms. The summed E-state index contributed by atoms with van der Waals surface area (Å²) in [7, 11) is 3.42. The van der Waals surface area contributed by atoms with E-state index in [9.17, 15) is 9.59 Å². The molecule has 0 bridgehead atoms. The molecule has 1 fully saturated rings. The largest absolute Gasteiger partial charge is 0.414 e. The molecule has 34 heavy (non-hydrogen) atoms. The Bertz CT molecular complexity index is 967. The van der Waals surface area contributed by atoms with Crippen LogP contribution in [-0.2, 0) is 6.42 Å². The molecule has 2 amide bonds. The van der Waals surface area contributed by atoms with Gasteiger partial charge in [-0.15, -0.1) is 12.4 Å². The van der Waals surface area contributed by atoms with Gasteiger partial charge in [-0.3, -0.25) is 9.69 Å². The molecule has 0 aromatic heterocycles. The van der Waals surface area contributed by atoms with Gasteiger partial charge >= 0.3 is 6.09 Å². The second-order valence-corrected chi connectivity index (χ2v) is 9.31. The lowest BCUT2D eigenvalue weighted by atomic mass is 9.79. The first-order valence-electron chi connectivity index (χ1n) is 12.1. The number of halogens is 1. The Morgan fingerprint density at radius 1 is 1.03 bits per heavy atom. The Morgan fingerprint density at radius 3 is 2.59 bits per heavy atom. The molecule has 1 heterocycles. The number of fused-ring (bicyclic) bond motifs is 3. The maximum atomic E-state index is 12.1. The molecule has 0 saturated carbocycles. The molecule has 2 aliphatic rings. The number of amides is 2. The van der Waals surface area contributed by atoms with Crippen LogP contribution >= 0.6 is 12.4 Å². The van der Waals surface area contributed by atoms with Crippen LogP contribution in [-0.4, -0.2) is 61.6 Å². The van der Waals surface area contributed by atoms with Crippen LogP contribution in [0.2, 0.25) is 0 Å². The highest BCUT2D eigenvalue weighted by Crippen LogP contribution is 2.44. The smallest absolute Gasteiger partial charge is 0.410 e. The van der Waals surface area contributed by atoms with Crippen LogP contribution in [0.25, 0.3) is 0 Å². The van der Waals surface area contributed by atoms with Crippen molar-refractivity contribution in [3.05, 3.63) is 65.2 Å². The quantitative estimate of drug-likeness (QED) is 0.542. The molecule has 4 rings (SSSR count). The van der Waals surface area contributed by atoms with Crippen LogP contribution in [0.4, 0.5) is 4.79 Å². The van der Waals surface area contributed by atoms with E-state index >= 15 is 0 Å². The molecular formula is C27H36ClN3O3. The third-order valence-corrected chi connectivity index (χ3v) is 6.93. The summed E-state index contributed by atoms with van der Waals surface area (Å²) in [5.74, 6) is 1.26. The van der Waals surface area contributed by atoms with E-state index in [-0.39, 0.29) is 24.4 Å². The van der Waals surface area contributed by atoms with Gasteiger partial charge in [0, 0.05) is 38.2 Å². The average Bonchev–Trinajstić information content (AvgIpc) is 3.25. The minimum Gasteiger partial charge on any atom is -0.410 e. The molecule has 1 aliphatic carbocycles. The van der Waals surface area contributed by atoms with E-state index in [1.165, 1.54) is 16.0 Å². The van der Waals surface area contributed by atoms with Crippen molar-refractivity contribution in [1.29, 1.82) is 0 Å². The van der Waals surface area contributed by atoms with E-state index < -0.39 is 0 Å². The van der Waals surface area contributed by atoms with Crippen LogP contribution in [0.15, 0.2) is 48.5 Å². The monoisotopic (exact) mass is 485 g/mol. The van der Waals surface area contributed by atoms with Crippen molar-refractivity contribution in [1.82, 2.24) is 15.1 Å². The van der Waals surface area contributed by atoms with E-state index in [0.29, 0.717) is 12.0 Å². The Kier molecular flexibility index (Phi) is 9.36. The van der Waals surface area contributed by atoms with E-state index in [2.05, 4.69) is 16.3 Å². The number of unbranched alkanes of at least 4 members (excludes halogenated alkanes) is 2. The molecule has 2 unspecified atom stereocenters. The number of carbonyl (C=O) groups excluding carboxylic acids is 2. The summed E-state index contributed by atoms with van der Waals surface area (Å²) in [6.07, 6.45) is 6.18. The molecular weight excluding hydrogens is 450 g/mol. The summed E-state index contributed by atoms with van der Waals surface area (Å²) < 4.78 is 5.64. The number of benzene rings is 2. The number of ether oxygens (including phenoxy) is 1. The molecule has 0 radical (unpaired) electrons. The van der Waals surface area contributed by atoms with Crippen molar-refractivity contribution in [2.45, 2.75) is 50.5 Å². The number of hydrogen-bond acceptors (Lipinski definition) is 4. The Hall–Kier alpha value is -2.57. The maximum Gasteiger partial charge on any atom is 0.414 e. The number of nitrogens with one attached hydrogen (secondary N) is 1. The number of hydrogen-bond donors (Lipinski definition) is 1. The lowest BCUT2D eigenvalue weighted by Crippen LogP contribution is -2.36. The standard InChI is InChI=1S/C27H35N3O3.ClH/c1-29(2)27(32)33-25-13-9-12-21-22-16-19-30(24(22)15-14-23(21)25)18-8-4-7-17-28-26(31)20-10-5-3-6-11-20;/h3,5-6,9-13,22,24H,4,7-8,14-19H2,1-2H3,(H,28,31);1H. The molecule has 2 aromatic carbocycles. The minimum atomic E-state index is -0.321.